The van der Waals surface area contributed by atoms with Crippen LogP contribution in [0, 0.1) is 0 Å². The Balaban J connectivity index is 1.68. The maximum atomic E-state index is 11.9. The largest absolute Gasteiger partial charge is 0.353 e. The predicted octanol–water partition coefficient (Wildman–Crippen LogP) is 1.16. The minimum Gasteiger partial charge on any atom is -0.353 e. The number of nitrogens with one attached hydrogen (secondary N) is 1. The van der Waals surface area contributed by atoms with E-state index in [2.05, 4.69) is 17.1 Å². The molecule has 4 nitrogen and oxygen atoms in total. The Hall–Kier alpha value is -1.39. The molecule has 0 heterocycles. The lowest BCUT2D eigenvalue weighted by molar-refractivity contribution is -0.122. The molecule has 1 aromatic rings. The summed E-state index contributed by atoms with van der Waals surface area (Å²) in [6.07, 6.45) is 3.19. The minimum absolute atomic E-state index is 0.0549. The van der Waals surface area contributed by atoms with Gasteiger partial charge in [-0.25, -0.2) is 0 Å². The van der Waals surface area contributed by atoms with Gasteiger partial charge < -0.3 is 11.1 Å². The average Bonchev–Trinajstić information content (AvgIpc) is 3.29. The zero-order valence-electron chi connectivity index (χ0n) is 12.2. The van der Waals surface area contributed by atoms with Gasteiger partial charge in [-0.15, -0.1) is 0 Å². The molecule has 0 aliphatic heterocycles. The molecule has 1 saturated carbocycles. The van der Waals surface area contributed by atoms with E-state index >= 15 is 0 Å². The lowest BCUT2D eigenvalue weighted by Crippen LogP contribution is -2.45. The van der Waals surface area contributed by atoms with E-state index in [1.54, 1.807) is 0 Å². The summed E-state index contributed by atoms with van der Waals surface area (Å²) in [5, 5.41) is 2.94. The van der Waals surface area contributed by atoms with E-state index in [1.807, 2.05) is 30.3 Å². The summed E-state index contributed by atoms with van der Waals surface area (Å²) in [5.74, 6) is -0.0549. The Labute approximate surface area is 121 Å². The number of amides is 1. The van der Waals surface area contributed by atoms with E-state index < -0.39 is 6.04 Å². The van der Waals surface area contributed by atoms with Gasteiger partial charge in [0.05, 0.1) is 6.04 Å². The molecule has 1 aromatic carbocycles. The number of hydrogen-bond donors (Lipinski definition) is 2. The molecule has 110 valence electrons. The summed E-state index contributed by atoms with van der Waals surface area (Å²) in [6, 6.07) is 10.2. The number of hydrogen-bond acceptors (Lipinski definition) is 3. The molecule has 0 saturated heterocycles. The van der Waals surface area contributed by atoms with Crippen LogP contribution in [0.15, 0.2) is 30.3 Å². The van der Waals surface area contributed by atoms with Crippen molar-refractivity contribution >= 4 is 5.91 Å². The van der Waals surface area contributed by atoms with E-state index in [0.29, 0.717) is 13.0 Å². The van der Waals surface area contributed by atoms with Crippen LogP contribution in [0.3, 0.4) is 0 Å². The van der Waals surface area contributed by atoms with Gasteiger partial charge in [0, 0.05) is 19.1 Å². The molecular weight excluding hydrogens is 250 g/mol. The standard InChI is InChI=1S/C16H25N3O/c1-2-19(14-8-9-14)11-10-18-16(20)15(17)12-13-6-4-3-5-7-13/h3-7,14-15H,2,8-12,17H2,1H3,(H,18,20)/t15-/m1/s1. The van der Waals surface area contributed by atoms with Gasteiger partial charge in [-0.2, -0.15) is 0 Å². The van der Waals surface area contributed by atoms with Crippen LogP contribution in [0.25, 0.3) is 0 Å². The molecule has 3 N–H and O–H groups in total. The molecule has 0 unspecified atom stereocenters. The van der Waals surface area contributed by atoms with Crippen molar-refractivity contribution in [2.75, 3.05) is 19.6 Å². The number of nitrogens with two attached hydrogens (primary N) is 1. The molecule has 4 heteroatoms. The first-order valence-corrected chi connectivity index (χ1v) is 7.52. The van der Waals surface area contributed by atoms with Crippen molar-refractivity contribution in [2.24, 2.45) is 5.73 Å². The smallest absolute Gasteiger partial charge is 0.237 e. The predicted molar refractivity (Wildman–Crippen MR) is 81.4 cm³/mol. The molecule has 1 atom stereocenters. The molecule has 0 bridgehead atoms. The summed E-state index contributed by atoms with van der Waals surface area (Å²) in [7, 11) is 0. The van der Waals surface area contributed by atoms with Crippen LogP contribution in [0.4, 0.5) is 0 Å². The van der Waals surface area contributed by atoms with Crippen LogP contribution >= 0.6 is 0 Å². The van der Waals surface area contributed by atoms with Gasteiger partial charge >= 0.3 is 0 Å². The Kier molecular flexibility index (Phi) is 5.56. The number of nitrogens with zero attached hydrogens (tertiary/aromatic N) is 1. The second-order valence-electron chi connectivity index (χ2n) is 5.45. The first-order valence-electron chi connectivity index (χ1n) is 7.52. The number of likely N-dealkylation sites (N-methyl/N-ethyl adjacent to an activating group) is 1. The zero-order valence-corrected chi connectivity index (χ0v) is 12.2. The monoisotopic (exact) mass is 275 g/mol. The third-order valence-corrected chi connectivity index (χ3v) is 3.80. The quantitative estimate of drug-likeness (QED) is 0.748. The fourth-order valence-corrected chi connectivity index (χ4v) is 2.45. The minimum atomic E-state index is -0.464. The fraction of sp³-hybridized carbons (Fsp3) is 0.562. The maximum Gasteiger partial charge on any atom is 0.237 e. The zero-order chi connectivity index (χ0) is 14.4. The molecule has 1 fully saturated rings. The molecule has 1 aliphatic rings. The maximum absolute atomic E-state index is 11.9. The number of carbonyl (C=O) groups excluding carboxylic acids is 1. The van der Waals surface area contributed by atoms with Crippen molar-refractivity contribution in [3.05, 3.63) is 35.9 Å². The number of rotatable bonds is 8. The summed E-state index contributed by atoms with van der Waals surface area (Å²) >= 11 is 0. The highest BCUT2D eigenvalue weighted by atomic mass is 16.2. The molecule has 0 spiro atoms. The normalized spacial score (nSPS) is 16.1. The van der Waals surface area contributed by atoms with Crippen molar-refractivity contribution in [3.8, 4) is 0 Å². The van der Waals surface area contributed by atoms with Crippen LogP contribution in [-0.2, 0) is 11.2 Å². The van der Waals surface area contributed by atoms with Crippen molar-refractivity contribution < 1.29 is 4.79 Å². The van der Waals surface area contributed by atoms with Gasteiger partial charge in [0.15, 0.2) is 0 Å². The Morgan fingerprint density at radius 2 is 2.10 bits per heavy atom. The van der Waals surface area contributed by atoms with Gasteiger partial charge in [-0.05, 0) is 31.4 Å². The van der Waals surface area contributed by atoms with Crippen molar-refractivity contribution in [2.45, 2.75) is 38.3 Å². The Bertz CT molecular complexity index is 417. The summed E-state index contributed by atoms with van der Waals surface area (Å²) in [6.45, 7) is 4.83. The van der Waals surface area contributed by atoms with Crippen LogP contribution in [-0.4, -0.2) is 42.5 Å². The summed E-state index contributed by atoms with van der Waals surface area (Å²) < 4.78 is 0. The van der Waals surface area contributed by atoms with Crippen molar-refractivity contribution in [3.63, 3.8) is 0 Å². The van der Waals surface area contributed by atoms with Gasteiger partial charge in [-0.1, -0.05) is 37.3 Å². The van der Waals surface area contributed by atoms with Crippen molar-refractivity contribution in [1.29, 1.82) is 0 Å². The number of carbonyl (C=O) groups is 1. The first-order chi connectivity index (χ1) is 9.70. The van der Waals surface area contributed by atoms with Gasteiger partial charge in [0.1, 0.15) is 0 Å². The lowest BCUT2D eigenvalue weighted by atomic mass is 10.1. The molecule has 1 aliphatic carbocycles. The van der Waals surface area contributed by atoms with Gasteiger partial charge in [0.25, 0.3) is 0 Å². The average molecular weight is 275 g/mol. The topological polar surface area (TPSA) is 58.4 Å². The highest BCUT2D eigenvalue weighted by Gasteiger charge is 2.27. The molecule has 0 radical (unpaired) electrons. The number of benzene rings is 1. The molecular formula is C16H25N3O. The van der Waals surface area contributed by atoms with E-state index in [9.17, 15) is 4.79 Å². The van der Waals surface area contributed by atoms with E-state index in [-0.39, 0.29) is 5.91 Å². The third-order valence-electron chi connectivity index (χ3n) is 3.80. The summed E-state index contributed by atoms with van der Waals surface area (Å²) in [4.78, 5) is 14.4. The van der Waals surface area contributed by atoms with Gasteiger partial charge in [-0.3, -0.25) is 9.69 Å². The SMILES string of the molecule is CCN(CCNC(=O)[C@H](N)Cc1ccccc1)C1CC1. The van der Waals surface area contributed by atoms with E-state index in [0.717, 1.165) is 24.7 Å². The molecule has 0 aromatic heterocycles. The molecule has 20 heavy (non-hydrogen) atoms. The lowest BCUT2D eigenvalue weighted by Gasteiger charge is -2.20. The van der Waals surface area contributed by atoms with E-state index in [4.69, 9.17) is 5.73 Å². The van der Waals surface area contributed by atoms with Crippen LogP contribution in [0.5, 0.6) is 0 Å². The van der Waals surface area contributed by atoms with E-state index in [1.165, 1.54) is 12.8 Å². The highest BCUT2D eigenvalue weighted by molar-refractivity contribution is 5.81. The third kappa shape index (κ3) is 4.62. The summed E-state index contributed by atoms with van der Waals surface area (Å²) in [5.41, 5.74) is 7.05. The highest BCUT2D eigenvalue weighted by Crippen LogP contribution is 2.25. The second-order valence-corrected chi connectivity index (χ2v) is 5.45. The second kappa shape index (κ2) is 7.41. The molecule has 2 rings (SSSR count). The molecule has 1 amide bonds. The van der Waals surface area contributed by atoms with Crippen LogP contribution in [0.1, 0.15) is 25.3 Å². The Morgan fingerprint density at radius 3 is 2.70 bits per heavy atom. The first kappa shape index (κ1) is 15.0. The van der Waals surface area contributed by atoms with Crippen LogP contribution < -0.4 is 11.1 Å². The Morgan fingerprint density at radius 1 is 1.40 bits per heavy atom. The fourth-order valence-electron chi connectivity index (χ4n) is 2.45. The van der Waals surface area contributed by atoms with Crippen molar-refractivity contribution in [1.82, 2.24) is 10.2 Å². The van der Waals surface area contributed by atoms with Gasteiger partial charge in [0.2, 0.25) is 5.91 Å². The van der Waals surface area contributed by atoms with Crippen LogP contribution in [0.2, 0.25) is 0 Å².